The molecule has 0 aromatic heterocycles. The number of hydrogen-bond donors (Lipinski definition) is 0. The van der Waals surface area contributed by atoms with Gasteiger partial charge in [-0.05, 0) is 25.2 Å². The molecule has 0 aromatic carbocycles. The Kier molecular flexibility index (Phi) is 5.02. The van der Waals surface area contributed by atoms with Crippen molar-refractivity contribution in [3.63, 3.8) is 0 Å². The van der Waals surface area contributed by atoms with E-state index in [-0.39, 0.29) is 0 Å². The average Bonchev–Trinajstić information content (AvgIpc) is 1.90. The lowest BCUT2D eigenvalue weighted by Crippen LogP contribution is -1.97. The molecule has 0 amide bonds. The first-order chi connectivity index (χ1) is 4.70. The van der Waals surface area contributed by atoms with E-state index in [0.29, 0.717) is 5.92 Å². The highest BCUT2D eigenvalue weighted by atomic mass is 14.3. The predicted molar refractivity (Wildman–Crippen MR) is 43.5 cm³/mol. The third kappa shape index (κ3) is 4.38. The van der Waals surface area contributed by atoms with E-state index in [9.17, 15) is 0 Å². The summed E-state index contributed by atoms with van der Waals surface area (Å²) < 4.78 is 0. The second kappa shape index (κ2) is 5.29. The van der Waals surface area contributed by atoms with Gasteiger partial charge in [-0.15, -0.1) is 0 Å². The summed E-state index contributed by atoms with van der Waals surface area (Å²) in [5, 5.41) is 8.59. The third-order valence-corrected chi connectivity index (χ3v) is 1.77. The Morgan fingerprint density at radius 2 is 1.90 bits per heavy atom. The average molecular weight is 139 g/mol. The van der Waals surface area contributed by atoms with Crippen molar-refractivity contribution >= 4 is 0 Å². The maximum absolute atomic E-state index is 8.59. The molecule has 0 fully saturated rings. The van der Waals surface area contributed by atoms with Crippen molar-refractivity contribution in [2.45, 2.75) is 40.0 Å². The monoisotopic (exact) mass is 139 g/mol. The number of rotatable bonds is 4. The van der Waals surface area contributed by atoms with Crippen LogP contribution in [-0.4, -0.2) is 0 Å². The molecule has 0 radical (unpaired) electrons. The minimum Gasteiger partial charge on any atom is -0.198 e. The first-order valence-corrected chi connectivity index (χ1v) is 4.10. The van der Waals surface area contributed by atoms with Crippen LogP contribution in [0.1, 0.15) is 40.0 Å². The molecule has 1 nitrogen and oxygen atoms in total. The summed E-state index contributed by atoms with van der Waals surface area (Å²) in [4.78, 5) is 0. The Hall–Kier alpha value is -0.510. The van der Waals surface area contributed by atoms with E-state index in [0.717, 1.165) is 18.8 Å². The molecule has 0 saturated heterocycles. The molecule has 1 atom stereocenters. The first-order valence-electron chi connectivity index (χ1n) is 4.10. The molecule has 0 saturated carbocycles. The summed E-state index contributed by atoms with van der Waals surface area (Å²) >= 11 is 0. The van der Waals surface area contributed by atoms with E-state index >= 15 is 0 Å². The standard InChI is InChI=1S/C9H17N/c1-4-9(7-10)6-5-8(2)3/h8-9H,4-6H2,1-3H3. The van der Waals surface area contributed by atoms with Gasteiger partial charge in [-0.2, -0.15) is 5.26 Å². The minimum absolute atomic E-state index is 0.294. The van der Waals surface area contributed by atoms with Crippen molar-refractivity contribution in [3.8, 4) is 6.07 Å². The molecule has 1 unspecified atom stereocenters. The Morgan fingerprint density at radius 1 is 1.30 bits per heavy atom. The molecule has 0 rings (SSSR count). The van der Waals surface area contributed by atoms with Crippen molar-refractivity contribution in [2.24, 2.45) is 11.8 Å². The van der Waals surface area contributed by atoms with Crippen molar-refractivity contribution in [3.05, 3.63) is 0 Å². The van der Waals surface area contributed by atoms with Crippen LogP contribution in [0.25, 0.3) is 0 Å². The van der Waals surface area contributed by atoms with Crippen LogP contribution in [0.3, 0.4) is 0 Å². The predicted octanol–water partition coefficient (Wildman–Crippen LogP) is 2.97. The summed E-state index contributed by atoms with van der Waals surface area (Å²) in [5.74, 6) is 1.03. The molecule has 0 heterocycles. The Labute approximate surface area is 64.1 Å². The van der Waals surface area contributed by atoms with E-state index in [1.165, 1.54) is 6.42 Å². The summed E-state index contributed by atoms with van der Waals surface area (Å²) in [6.07, 6.45) is 3.26. The summed E-state index contributed by atoms with van der Waals surface area (Å²) in [6, 6.07) is 2.31. The summed E-state index contributed by atoms with van der Waals surface area (Å²) in [6.45, 7) is 6.47. The van der Waals surface area contributed by atoms with Gasteiger partial charge in [0.25, 0.3) is 0 Å². The van der Waals surface area contributed by atoms with Gasteiger partial charge in [-0.3, -0.25) is 0 Å². The fourth-order valence-electron chi connectivity index (χ4n) is 0.894. The van der Waals surface area contributed by atoms with Gasteiger partial charge >= 0.3 is 0 Å². The van der Waals surface area contributed by atoms with E-state index < -0.39 is 0 Å². The molecule has 0 aliphatic heterocycles. The molecule has 0 N–H and O–H groups in total. The second-order valence-corrected chi connectivity index (χ2v) is 3.21. The fraction of sp³-hybridized carbons (Fsp3) is 0.889. The molecule has 10 heavy (non-hydrogen) atoms. The van der Waals surface area contributed by atoms with Crippen LogP contribution >= 0.6 is 0 Å². The zero-order chi connectivity index (χ0) is 7.98. The lowest BCUT2D eigenvalue weighted by Gasteiger charge is -2.06. The molecule has 0 aromatic rings. The highest BCUT2D eigenvalue weighted by Gasteiger charge is 2.04. The lowest BCUT2D eigenvalue weighted by atomic mass is 9.97. The molecular formula is C9H17N. The zero-order valence-electron chi connectivity index (χ0n) is 7.22. The second-order valence-electron chi connectivity index (χ2n) is 3.21. The Balaban J connectivity index is 3.38. The molecule has 0 aliphatic carbocycles. The van der Waals surface area contributed by atoms with Crippen molar-refractivity contribution in [1.29, 1.82) is 5.26 Å². The van der Waals surface area contributed by atoms with Crippen LogP contribution in [0.2, 0.25) is 0 Å². The number of nitriles is 1. The summed E-state index contributed by atoms with van der Waals surface area (Å²) in [7, 11) is 0. The van der Waals surface area contributed by atoms with Gasteiger partial charge in [-0.25, -0.2) is 0 Å². The van der Waals surface area contributed by atoms with E-state index in [4.69, 9.17) is 5.26 Å². The quantitative estimate of drug-likeness (QED) is 0.587. The van der Waals surface area contributed by atoms with Crippen LogP contribution in [0, 0.1) is 23.2 Å². The SMILES string of the molecule is CCC(C#N)CCC(C)C. The topological polar surface area (TPSA) is 23.8 Å². The third-order valence-electron chi connectivity index (χ3n) is 1.77. The minimum atomic E-state index is 0.294. The normalized spacial score (nSPS) is 13.1. The van der Waals surface area contributed by atoms with Gasteiger partial charge in [0, 0.05) is 5.92 Å². The van der Waals surface area contributed by atoms with Crippen LogP contribution in [0.15, 0.2) is 0 Å². The molecule has 0 aliphatic rings. The Bertz CT molecular complexity index is 110. The zero-order valence-corrected chi connectivity index (χ0v) is 7.22. The van der Waals surface area contributed by atoms with E-state index in [2.05, 4.69) is 26.8 Å². The van der Waals surface area contributed by atoms with E-state index in [1.54, 1.807) is 0 Å². The molecule has 0 bridgehead atoms. The molecule has 1 heteroatoms. The molecule has 58 valence electrons. The molecular weight excluding hydrogens is 122 g/mol. The van der Waals surface area contributed by atoms with Gasteiger partial charge in [0.1, 0.15) is 0 Å². The lowest BCUT2D eigenvalue weighted by molar-refractivity contribution is 0.479. The first kappa shape index (κ1) is 9.49. The highest BCUT2D eigenvalue weighted by Crippen LogP contribution is 2.13. The van der Waals surface area contributed by atoms with Crippen LogP contribution in [0.5, 0.6) is 0 Å². The maximum Gasteiger partial charge on any atom is 0.0655 e. The fourth-order valence-corrected chi connectivity index (χ4v) is 0.894. The summed E-state index contributed by atoms with van der Waals surface area (Å²) in [5.41, 5.74) is 0. The number of hydrogen-bond acceptors (Lipinski definition) is 1. The van der Waals surface area contributed by atoms with Gasteiger partial charge in [0.15, 0.2) is 0 Å². The van der Waals surface area contributed by atoms with Crippen molar-refractivity contribution < 1.29 is 0 Å². The van der Waals surface area contributed by atoms with Gasteiger partial charge in [0.2, 0.25) is 0 Å². The van der Waals surface area contributed by atoms with Gasteiger partial charge < -0.3 is 0 Å². The highest BCUT2D eigenvalue weighted by molar-refractivity contribution is 4.81. The largest absolute Gasteiger partial charge is 0.198 e. The van der Waals surface area contributed by atoms with Crippen LogP contribution in [-0.2, 0) is 0 Å². The van der Waals surface area contributed by atoms with Crippen LogP contribution in [0.4, 0.5) is 0 Å². The maximum atomic E-state index is 8.59. The van der Waals surface area contributed by atoms with E-state index in [1.807, 2.05) is 0 Å². The smallest absolute Gasteiger partial charge is 0.0655 e. The van der Waals surface area contributed by atoms with Crippen molar-refractivity contribution in [2.75, 3.05) is 0 Å². The van der Waals surface area contributed by atoms with Gasteiger partial charge in [-0.1, -0.05) is 20.8 Å². The number of nitrogens with zero attached hydrogens (tertiary/aromatic N) is 1. The Morgan fingerprint density at radius 3 is 2.20 bits per heavy atom. The van der Waals surface area contributed by atoms with Crippen LogP contribution < -0.4 is 0 Å². The van der Waals surface area contributed by atoms with Gasteiger partial charge in [0.05, 0.1) is 6.07 Å². The van der Waals surface area contributed by atoms with Crippen molar-refractivity contribution in [1.82, 2.24) is 0 Å². The molecule has 0 spiro atoms.